The topological polar surface area (TPSA) is 30.0 Å². The molecule has 0 aliphatic heterocycles. The predicted octanol–water partition coefficient (Wildman–Crippen LogP) is 5.12. The van der Waals surface area contributed by atoms with Crippen molar-refractivity contribution in [3.8, 4) is 11.1 Å². The molecule has 1 heterocycles. The Bertz CT molecular complexity index is 900. The molecule has 0 fully saturated rings. The summed E-state index contributed by atoms with van der Waals surface area (Å²) in [5.74, 6) is -0.189. The molecule has 2 aromatic carbocycles. The van der Waals surface area contributed by atoms with Gasteiger partial charge in [-0.3, -0.25) is 4.79 Å². The Balaban J connectivity index is 2.24. The van der Waals surface area contributed by atoms with Gasteiger partial charge in [0.15, 0.2) is 5.78 Å². The highest BCUT2D eigenvalue weighted by molar-refractivity contribution is 5.98. The van der Waals surface area contributed by atoms with E-state index >= 15 is 0 Å². The van der Waals surface area contributed by atoms with Crippen molar-refractivity contribution in [2.45, 2.75) is 13.1 Å². The summed E-state index contributed by atoms with van der Waals surface area (Å²) in [4.78, 5) is 15.8. The van der Waals surface area contributed by atoms with Crippen molar-refractivity contribution in [2.24, 2.45) is 0 Å². The fraction of sp³-hybridized carbons (Fsp3) is 0.111. The van der Waals surface area contributed by atoms with Crippen LogP contribution in [0.1, 0.15) is 23.0 Å². The second-order valence-corrected chi connectivity index (χ2v) is 5.21. The Kier molecular flexibility index (Phi) is 3.64. The lowest BCUT2D eigenvalue weighted by Crippen LogP contribution is -2.04. The van der Waals surface area contributed by atoms with Gasteiger partial charge in [-0.05, 0) is 23.8 Å². The standard InChI is InChI=1S/C18H12F3NO/c1-11(23)16-9-8-12-4-3-7-15(17(12)22-16)13-5-2-6-14(10-13)18(19,20)21/h2-10H,1H3. The Labute approximate surface area is 130 Å². The van der Waals surface area contributed by atoms with Crippen LogP contribution in [0.5, 0.6) is 0 Å². The van der Waals surface area contributed by atoms with Gasteiger partial charge in [0.1, 0.15) is 5.69 Å². The molecule has 5 heteroatoms. The number of alkyl halides is 3. The first-order valence-corrected chi connectivity index (χ1v) is 6.94. The van der Waals surface area contributed by atoms with Gasteiger partial charge in [0.25, 0.3) is 0 Å². The third-order valence-electron chi connectivity index (χ3n) is 3.58. The van der Waals surface area contributed by atoms with Gasteiger partial charge in [-0.1, -0.05) is 36.4 Å². The molecule has 3 aromatic rings. The number of ketones is 1. The highest BCUT2D eigenvalue weighted by atomic mass is 19.4. The molecular weight excluding hydrogens is 303 g/mol. The summed E-state index contributed by atoms with van der Waals surface area (Å²) in [6, 6.07) is 13.7. The molecule has 0 saturated carbocycles. The molecule has 3 rings (SSSR count). The number of aromatic nitrogens is 1. The first-order chi connectivity index (χ1) is 10.9. The van der Waals surface area contributed by atoms with Crippen LogP contribution in [-0.4, -0.2) is 10.8 Å². The number of benzene rings is 2. The number of carbonyl (C=O) groups excluding carboxylic acids is 1. The molecule has 0 saturated heterocycles. The predicted molar refractivity (Wildman–Crippen MR) is 82.2 cm³/mol. The summed E-state index contributed by atoms with van der Waals surface area (Å²) >= 11 is 0. The summed E-state index contributed by atoms with van der Waals surface area (Å²) < 4.78 is 38.7. The maximum absolute atomic E-state index is 12.9. The molecule has 23 heavy (non-hydrogen) atoms. The first kappa shape index (κ1) is 15.2. The minimum atomic E-state index is -4.40. The summed E-state index contributed by atoms with van der Waals surface area (Å²) in [6.45, 7) is 1.40. The molecule has 0 aliphatic carbocycles. The van der Waals surface area contributed by atoms with Crippen LogP contribution < -0.4 is 0 Å². The highest BCUT2D eigenvalue weighted by Gasteiger charge is 2.30. The van der Waals surface area contributed by atoms with Crippen LogP contribution in [0.15, 0.2) is 54.6 Å². The lowest BCUT2D eigenvalue weighted by atomic mass is 9.99. The SMILES string of the molecule is CC(=O)c1ccc2cccc(-c3cccc(C(F)(F)F)c3)c2n1. The molecule has 2 nitrogen and oxygen atoms in total. The van der Waals surface area contributed by atoms with Crippen LogP contribution in [0.3, 0.4) is 0 Å². The summed E-state index contributed by atoms with van der Waals surface area (Å²) in [5.41, 5.74) is 1.07. The number of nitrogens with zero attached hydrogens (tertiary/aromatic N) is 1. The molecule has 0 bridgehead atoms. The average molecular weight is 315 g/mol. The lowest BCUT2D eigenvalue weighted by molar-refractivity contribution is -0.137. The van der Waals surface area contributed by atoms with Crippen molar-refractivity contribution in [1.82, 2.24) is 4.98 Å². The van der Waals surface area contributed by atoms with Crippen LogP contribution in [0.2, 0.25) is 0 Å². The second-order valence-electron chi connectivity index (χ2n) is 5.21. The Morgan fingerprint density at radius 2 is 1.74 bits per heavy atom. The molecule has 0 amide bonds. The van der Waals surface area contributed by atoms with Gasteiger partial charge in [0, 0.05) is 17.9 Å². The maximum atomic E-state index is 12.9. The van der Waals surface area contributed by atoms with E-state index in [0.717, 1.165) is 17.5 Å². The van der Waals surface area contributed by atoms with Gasteiger partial charge >= 0.3 is 6.18 Å². The Morgan fingerprint density at radius 3 is 2.43 bits per heavy atom. The fourth-order valence-electron chi connectivity index (χ4n) is 2.44. The van der Waals surface area contributed by atoms with Gasteiger partial charge in [0.2, 0.25) is 0 Å². The highest BCUT2D eigenvalue weighted by Crippen LogP contribution is 2.34. The van der Waals surface area contributed by atoms with Crippen molar-refractivity contribution in [2.75, 3.05) is 0 Å². The molecule has 0 atom stereocenters. The van der Waals surface area contributed by atoms with Crippen LogP contribution in [0, 0.1) is 0 Å². The number of para-hydroxylation sites is 1. The number of halogens is 3. The summed E-state index contributed by atoms with van der Waals surface area (Å²) in [6.07, 6.45) is -4.40. The van der Waals surface area contributed by atoms with E-state index < -0.39 is 11.7 Å². The minimum absolute atomic E-state index is 0.189. The second kappa shape index (κ2) is 5.50. The molecule has 0 N–H and O–H groups in total. The van der Waals surface area contributed by atoms with E-state index in [1.165, 1.54) is 13.0 Å². The number of pyridine rings is 1. The number of carbonyl (C=O) groups is 1. The summed E-state index contributed by atoms with van der Waals surface area (Å²) in [5, 5.41) is 0.768. The van der Waals surface area contributed by atoms with Crippen LogP contribution in [0.25, 0.3) is 22.0 Å². The first-order valence-electron chi connectivity index (χ1n) is 6.94. The zero-order valence-corrected chi connectivity index (χ0v) is 12.2. The van der Waals surface area contributed by atoms with E-state index in [9.17, 15) is 18.0 Å². The quantitative estimate of drug-likeness (QED) is 0.614. The van der Waals surface area contributed by atoms with E-state index in [-0.39, 0.29) is 11.5 Å². The number of hydrogen-bond donors (Lipinski definition) is 0. The number of fused-ring (bicyclic) bond motifs is 1. The Hall–Kier alpha value is -2.69. The number of hydrogen-bond acceptors (Lipinski definition) is 2. The monoisotopic (exact) mass is 315 g/mol. The van der Waals surface area contributed by atoms with Gasteiger partial charge in [-0.15, -0.1) is 0 Å². The van der Waals surface area contributed by atoms with Crippen LogP contribution >= 0.6 is 0 Å². The van der Waals surface area contributed by atoms with E-state index in [1.54, 1.807) is 30.3 Å². The number of Topliss-reactive ketones (excluding diaryl/α,β-unsaturated/α-hetero) is 1. The van der Waals surface area contributed by atoms with Crippen molar-refractivity contribution in [3.63, 3.8) is 0 Å². The van der Waals surface area contributed by atoms with E-state index in [2.05, 4.69) is 4.98 Å². The van der Waals surface area contributed by atoms with E-state index in [0.29, 0.717) is 16.6 Å². The normalized spacial score (nSPS) is 11.7. The van der Waals surface area contributed by atoms with Crippen LogP contribution in [0.4, 0.5) is 13.2 Å². The maximum Gasteiger partial charge on any atom is 0.416 e. The largest absolute Gasteiger partial charge is 0.416 e. The lowest BCUT2D eigenvalue weighted by Gasteiger charge is -2.11. The molecule has 0 unspecified atom stereocenters. The van der Waals surface area contributed by atoms with Gasteiger partial charge in [-0.2, -0.15) is 13.2 Å². The average Bonchev–Trinajstić information content (AvgIpc) is 2.53. The third-order valence-corrected chi connectivity index (χ3v) is 3.58. The molecule has 0 aliphatic rings. The third kappa shape index (κ3) is 2.95. The molecular formula is C18H12F3NO. The zero-order chi connectivity index (χ0) is 16.6. The fourth-order valence-corrected chi connectivity index (χ4v) is 2.44. The number of rotatable bonds is 2. The smallest absolute Gasteiger partial charge is 0.293 e. The van der Waals surface area contributed by atoms with E-state index in [1.807, 2.05) is 6.07 Å². The molecule has 116 valence electrons. The van der Waals surface area contributed by atoms with Gasteiger partial charge in [-0.25, -0.2) is 4.98 Å². The van der Waals surface area contributed by atoms with Crippen molar-refractivity contribution >= 4 is 16.7 Å². The van der Waals surface area contributed by atoms with Crippen molar-refractivity contribution in [3.05, 3.63) is 65.9 Å². The van der Waals surface area contributed by atoms with Crippen molar-refractivity contribution < 1.29 is 18.0 Å². The summed E-state index contributed by atoms with van der Waals surface area (Å²) in [7, 11) is 0. The van der Waals surface area contributed by atoms with Gasteiger partial charge in [0.05, 0.1) is 11.1 Å². The minimum Gasteiger partial charge on any atom is -0.293 e. The molecule has 0 radical (unpaired) electrons. The van der Waals surface area contributed by atoms with Crippen molar-refractivity contribution in [1.29, 1.82) is 0 Å². The van der Waals surface area contributed by atoms with Gasteiger partial charge < -0.3 is 0 Å². The molecule has 0 spiro atoms. The van der Waals surface area contributed by atoms with E-state index in [4.69, 9.17) is 0 Å². The van der Waals surface area contributed by atoms with Crippen LogP contribution in [-0.2, 0) is 6.18 Å². The Morgan fingerprint density at radius 1 is 1.00 bits per heavy atom. The molecule has 1 aromatic heterocycles. The zero-order valence-electron chi connectivity index (χ0n) is 12.2.